The van der Waals surface area contributed by atoms with Gasteiger partial charge in [0, 0.05) is 64.2 Å². The van der Waals surface area contributed by atoms with Gasteiger partial charge in [-0.1, -0.05) is 35.9 Å². The lowest BCUT2D eigenvalue weighted by Gasteiger charge is -2.33. The van der Waals surface area contributed by atoms with E-state index in [1.54, 1.807) is 39.1 Å². The molecule has 17 heteroatoms. The van der Waals surface area contributed by atoms with E-state index in [9.17, 15) is 22.2 Å². The Bertz CT molecular complexity index is 2270. The maximum atomic E-state index is 15.0. The summed E-state index contributed by atoms with van der Waals surface area (Å²) in [7, 11) is 4.87. The number of amides is 1. The van der Waals surface area contributed by atoms with E-state index >= 15 is 0 Å². The van der Waals surface area contributed by atoms with Crippen molar-refractivity contribution in [1.29, 1.82) is 0 Å². The summed E-state index contributed by atoms with van der Waals surface area (Å²) in [6.07, 6.45) is -3.83. The molecule has 2 unspecified atom stereocenters. The molecular formula is C41H43ClF3N7O5S. The van der Waals surface area contributed by atoms with Crippen LogP contribution in [0.25, 0.3) is 0 Å². The minimum atomic E-state index is -4.81. The molecule has 1 amide bonds. The van der Waals surface area contributed by atoms with Gasteiger partial charge < -0.3 is 28.9 Å². The lowest BCUT2D eigenvalue weighted by atomic mass is 9.94. The number of hydrogen-bond acceptors (Lipinski definition) is 10. The first-order valence-corrected chi connectivity index (χ1v) is 20.5. The van der Waals surface area contributed by atoms with Crippen LogP contribution in [-0.2, 0) is 60.9 Å². The summed E-state index contributed by atoms with van der Waals surface area (Å²) in [5, 5.41) is 4.13. The van der Waals surface area contributed by atoms with Gasteiger partial charge in [-0.2, -0.15) is 18.3 Å². The van der Waals surface area contributed by atoms with Crippen molar-refractivity contribution in [3.8, 4) is 11.5 Å². The van der Waals surface area contributed by atoms with Gasteiger partial charge in [0.2, 0.25) is 5.16 Å². The van der Waals surface area contributed by atoms with Gasteiger partial charge in [-0.25, -0.2) is 9.97 Å². The number of hydrogen-bond donors (Lipinski definition) is 0. The van der Waals surface area contributed by atoms with Gasteiger partial charge in [-0.15, -0.1) is 0 Å². The van der Waals surface area contributed by atoms with Crippen molar-refractivity contribution >= 4 is 39.8 Å². The molecule has 7 rings (SSSR count). The number of benzene rings is 3. The van der Waals surface area contributed by atoms with Crippen molar-refractivity contribution in [3.05, 3.63) is 117 Å². The Hall–Kier alpha value is -5.19. The standard InChI is InChI=1S/C41H43ClF3N7O5S/c1-49(2)39(53)35-19-28-23-50(15-6-16-52(28)48-35)38-32-24-57-36(20-34(32)46-40(47-38)58(5)54)31-17-27(18-33(42)37(31)41(43,44)45)51(21-25-7-11-29(55-3)12-8-25)22-26-9-13-30(56-4)14-10-26/h7-14,17-19,36H,6,15-16,20-24H2,1-5H3. The molecule has 2 atom stereocenters. The lowest BCUT2D eigenvalue weighted by molar-refractivity contribution is -0.139. The third kappa shape index (κ3) is 8.78. The fraction of sp³-hybridized carbons (Fsp3) is 0.366. The van der Waals surface area contributed by atoms with E-state index in [1.807, 2.05) is 58.3 Å². The second-order valence-electron chi connectivity index (χ2n) is 14.4. The Balaban J connectivity index is 1.27. The average Bonchev–Trinajstić information content (AvgIpc) is 3.50. The van der Waals surface area contributed by atoms with Crippen LogP contribution in [0.4, 0.5) is 24.7 Å². The molecule has 0 saturated heterocycles. The number of carbonyl (C=O) groups excluding carboxylic acids is 1. The normalized spacial score (nSPS) is 15.9. The molecule has 5 aromatic rings. The van der Waals surface area contributed by atoms with Gasteiger partial charge in [0.1, 0.15) is 17.3 Å². The van der Waals surface area contributed by atoms with Crippen molar-refractivity contribution in [3.63, 3.8) is 0 Å². The molecule has 0 radical (unpaired) electrons. The summed E-state index contributed by atoms with van der Waals surface area (Å²) in [5.41, 5.74) is 3.28. The monoisotopic (exact) mass is 837 g/mol. The molecular weight excluding hydrogens is 795 g/mol. The summed E-state index contributed by atoms with van der Waals surface area (Å²) >= 11 is 6.62. The fourth-order valence-electron chi connectivity index (χ4n) is 7.29. The highest BCUT2D eigenvalue weighted by molar-refractivity contribution is 7.84. The highest BCUT2D eigenvalue weighted by Gasteiger charge is 2.40. The van der Waals surface area contributed by atoms with Crippen LogP contribution in [0.15, 0.2) is 71.9 Å². The predicted molar refractivity (Wildman–Crippen MR) is 214 cm³/mol. The first kappa shape index (κ1) is 41.0. The van der Waals surface area contributed by atoms with Crippen LogP contribution in [0.2, 0.25) is 5.02 Å². The van der Waals surface area contributed by atoms with Crippen LogP contribution >= 0.6 is 11.6 Å². The van der Waals surface area contributed by atoms with Gasteiger partial charge in [-0.05, 0) is 65.6 Å². The first-order valence-electron chi connectivity index (χ1n) is 18.5. The molecule has 0 aliphatic carbocycles. The number of carbonyl (C=O) groups is 1. The maximum absolute atomic E-state index is 15.0. The molecule has 12 nitrogen and oxygen atoms in total. The molecule has 0 fully saturated rings. The van der Waals surface area contributed by atoms with Crippen LogP contribution < -0.4 is 19.3 Å². The fourth-order valence-corrected chi connectivity index (χ4v) is 8.07. The second-order valence-corrected chi connectivity index (χ2v) is 16.1. The number of aromatic nitrogens is 4. The third-order valence-corrected chi connectivity index (χ3v) is 11.2. The summed E-state index contributed by atoms with van der Waals surface area (Å²) < 4.78 is 76.7. The molecule has 0 bridgehead atoms. The summed E-state index contributed by atoms with van der Waals surface area (Å²) in [4.78, 5) is 27.5. The Kier molecular flexibility index (Phi) is 12.0. The number of rotatable bonds is 11. The summed E-state index contributed by atoms with van der Waals surface area (Å²) in [5.74, 6) is 1.61. The zero-order valence-electron chi connectivity index (χ0n) is 32.7. The molecule has 2 aliphatic rings. The van der Waals surface area contributed by atoms with Crippen molar-refractivity contribution in [1.82, 2.24) is 24.6 Å². The topological polar surface area (TPSA) is 115 Å². The highest BCUT2D eigenvalue weighted by Crippen LogP contribution is 2.46. The Morgan fingerprint density at radius 1 is 0.966 bits per heavy atom. The molecule has 2 aliphatic heterocycles. The van der Waals surface area contributed by atoms with E-state index < -0.39 is 33.7 Å². The van der Waals surface area contributed by atoms with Crippen molar-refractivity contribution < 1.29 is 36.4 Å². The zero-order chi connectivity index (χ0) is 41.3. The summed E-state index contributed by atoms with van der Waals surface area (Å²) in [6.45, 7) is 2.03. The number of alkyl halides is 3. The minimum absolute atomic E-state index is 0.0534. The molecule has 0 saturated carbocycles. The average molecular weight is 838 g/mol. The number of aryl methyl sites for hydroxylation is 1. The van der Waals surface area contributed by atoms with Crippen LogP contribution in [0.5, 0.6) is 11.5 Å². The van der Waals surface area contributed by atoms with Gasteiger partial charge in [0.15, 0.2) is 5.69 Å². The summed E-state index contributed by atoms with van der Waals surface area (Å²) in [6, 6.07) is 19.5. The largest absolute Gasteiger partial charge is 0.497 e. The van der Waals surface area contributed by atoms with Crippen LogP contribution in [0, 0.1) is 0 Å². The zero-order valence-corrected chi connectivity index (χ0v) is 34.2. The molecule has 306 valence electrons. The number of fused-ring (bicyclic) bond motifs is 2. The molecule has 4 heterocycles. The van der Waals surface area contributed by atoms with Crippen LogP contribution in [0.1, 0.15) is 62.2 Å². The lowest BCUT2D eigenvalue weighted by Crippen LogP contribution is -2.29. The van der Waals surface area contributed by atoms with Gasteiger partial charge in [0.05, 0.1) is 66.2 Å². The highest BCUT2D eigenvalue weighted by atomic mass is 35.5. The van der Waals surface area contributed by atoms with Gasteiger partial charge in [-0.3, -0.25) is 13.7 Å². The number of methoxy groups -OCH3 is 2. The van der Waals surface area contributed by atoms with Crippen LogP contribution in [-0.4, -0.2) is 75.9 Å². The van der Waals surface area contributed by atoms with Crippen molar-refractivity contribution in [2.75, 3.05) is 50.9 Å². The molecule has 58 heavy (non-hydrogen) atoms. The van der Waals surface area contributed by atoms with E-state index in [-0.39, 0.29) is 29.7 Å². The second kappa shape index (κ2) is 17.0. The number of ether oxygens (including phenoxy) is 3. The van der Waals surface area contributed by atoms with Crippen molar-refractivity contribution in [2.24, 2.45) is 0 Å². The van der Waals surface area contributed by atoms with E-state index in [2.05, 4.69) is 10.1 Å². The maximum Gasteiger partial charge on any atom is 0.418 e. The smallest absolute Gasteiger partial charge is 0.418 e. The van der Waals surface area contributed by atoms with E-state index in [4.69, 9.17) is 30.8 Å². The van der Waals surface area contributed by atoms with Gasteiger partial charge in [0.25, 0.3) is 5.91 Å². The molecule has 0 spiro atoms. The van der Waals surface area contributed by atoms with E-state index in [0.717, 1.165) is 16.8 Å². The van der Waals surface area contributed by atoms with E-state index in [1.165, 1.54) is 23.3 Å². The third-order valence-electron chi connectivity index (χ3n) is 10.2. The van der Waals surface area contributed by atoms with Gasteiger partial charge >= 0.3 is 6.18 Å². The van der Waals surface area contributed by atoms with E-state index in [0.29, 0.717) is 79.1 Å². The number of halogens is 4. The van der Waals surface area contributed by atoms with Crippen LogP contribution in [0.3, 0.4) is 0 Å². The SMILES string of the molecule is COc1ccc(CN(Cc2ccc(OC)cc2)c2cc(Cl)c(C(F)(F)F)c(C3Cc4nc(S(C)=O)nc(N5CCCn6nc(C(=O)N(C)C)cc6C5)c4CO3)c2)cc1. The Morgan fingerprint density at radius 2 is 1.60 bits per heavy atom. The molecule has 3 aromatic carbocycles. The Morgan fingerprint density at radius 3 is 2.17 bits per heavy atom. The number of anilines is 2. The predicted octanol–water partition coefficient (Wildman–Crippen LogP) is 7.23. The van der Waals surface area contributed by atoms with Crippen molar-refractivity contribution in [2.45, 2.75) is 63.1 Å². The minimum Gasteiger partial charge on any atom is -0.497 e. The quantitative estimate of drug-likeness (QED) is 0.126. The Labute approximate surface area is 341 Å². The first-order chi connectivity index (χ1) is 27.7. The molecule has 2 aromatic heterocycles. The number of nitrogens with zero attached hydrogens (tertiary/aromatic N) is 7. The molecule has 0 N–H and O–H groups in total.